The average Bonchev–Trinajstić information content (AvgIpc) is 2.26. The summed E-state index contributed by atoms with van der Waals surface area (Å²) in [5, 5.41) is 14.2. The normalized spacial score (nSPS) is 12.8. The van der Waals surface area contributed by atoms with Crippen molar-refractivity contribution >= 4 is 21.6 Å². The van der Waals surface area contributed by atoms with Crippen molar-refractivity contribution in [2.45, 2.75) is 26.3 Å². The number of rotatable bonds is 5. The number of nitrogens with one attached hydrogen (secondary N) is 1. The van der Waals surface area contributed by atoms with E-state index in [4.69, 9.17) is 0 Å². The molecule has 0 aliphatic rings. The van der Waals surface area contributed by atoms with Crippen molar-refractivity contribution in [1.29, 1.82) is 0 Å². The van der Waals surface area contributed by atoms with Crippen LogP contribution in [0.1, 0.15) is 19.4 Å². The van der Waals surface area contributed by atoms with Crippen LogP contribution in [0, 0.1) is 16.0 Å². The Balaban J connectivity index is 3.01. The predicted octanol–water partition coefficient (Wildman–Crippen LogP) is 3.14. The fourth-order valence-electron chi connectivity index (χ4n) is 1.79. The van der Waals surface area contributed by atoms with E-state index < -0.39 is 0 Å². The van der Waals surface area contributed by atoms with Gasteiger partial charge in [0.2, 0.25) is 0 Å². The fraction of sp³-hybridized carbons (Fsp3) is 0.500. The fourth-order valence-corrected chi connectivity index (χ4v) is 2.14. The summed E-state index contributed by atoms with van der Waals surface area (Å²) in [6, 6.07) is 5.46. The van der Waals surface area contributed by atoms with Gasteiger partial charge >= 0.3 is 0 Å². The molecule has 5 heteroatoms. The Morgan fingerprint density at radius 3 is 2.59 bits per heavy atom. The standard InChI is InChI=1S/C12H17BrN2O2/c1-8(2)11(14-3)6-9-4-5-10(13)7-12(9)15(16)17/h4-5,7-8,11,14H,6H2,1-3H3. The highest BCUT2D eigenvalue weighted by Gasteiger charge is 2.19. The lowest BCUT2D eigenvalue weighted by atomic mass is 9.96. The van der Waals surface area contributed by atoms with Gasteiger partial charge in [0.1, 0.15) is 0 Å². The second kappa shape index (κ2) is 6.12. The van der Waals surface area contributed by atoms with Crippen molar-refractivity contribution in [2.75, 3.05) is 7.05 Å². The molecule has 1 aromatic rings. The van der Waals surface area contributed by atoms with Gasteiger partial charge in [-0.15, -0.1) is 0 Å². The van der Waals surface area contributed by atoms with Gasteiger partial charge in [0.25, 0.3) is 5.69 Å². The van der Waals surface area contributed by atoms with E-state index in [0.717, 1.165) is 10.0 Å². The molecule has 17 heavy (non-hydrogen) atoms. The van der Waals surface area contributed by atoms with Gasteiger partial charge in [0.05, 0.1) is 4.92 Å². The minimum atomic E-state index is -0.326. The van der Waals surface area contributed by atoms with Gasteiger partial charge in [-0.05, 0) is 25.5 Å². The largest absolute Gasteiger partial charge is 0.316 e. The van der Waals surface area contributed by atoms with E-state index in [2.05, 4.69) is 35.1 Å². The maximum absolute atomic E-state index is 11.0. The average molecular weight is 301 g/mol. The number of likely N-dealkylation sites (N-methyl/N-ethyl adjacent to an activating group) is 1. The first-order valence-electron chi connectivity index (χ1n) is 5.55. The molecule has 0 aliphatic carbocycles. The molecular formula is C12H17BrN2O2. The SMILES string of the molecule is CNC(Cc1ccc(Br)cc1[N+](=O)[O-])C(C)C. The maximum Gasteiger partial charge on any atom is 0.273 e. The van der Waals surface area contributed by atoms with Crippen molar-refractivity contribution in [1.82, 2.24) is 5.32 Å². The van der Waals surface area contributed by atoms with Crippen LogP contribution in [0.2, 0.25) is 0 Å². The van der Waals surface area contributed by atoms with E-state index in [9.17, 15) is 10.1 Å². The quantitative estimate of drug-likeness (QED) is 0.671. The number of nitro benzene ring substituents is 1. The van der Waals surface area contributed by atoms with Crippen molar-refractivity contribution < 1.29 is 4.92 Å². The Kier molecular flexibility index (Phi) is 5.08. The molecule has 1 aromatic carbocycles. The lowest BCUT2D eigenvalue weighted by Gasteiger charge is -2.20. The summed E-state index contributed by atoms with van der Waals surface area (Å²) < 4.78 is 0.735. The summed E-state index contributed by atoms with van der Waals surface area (Å²) in [7, 11) is 1.88. The molecule has 1 N–H and O–H groups in total. The number of nitrogens with zero attached hydrogens (tertiary/aromatic N) is 1. The third kappa shape index (κ3) is 3.78. The minimum absolute atomic E-state index is 0.181. The van der Waals surface area contributed by atoms with Crippen LogP contribution in [0.5, 0.6) is 0 Å². The molecule has 94 valence electrons. The van der Waals surface area contributed by atoms with Crippen molar-refractivity contribution in [2.24, 2.45) is 5.92 Å². The first kappa shape index (κ1) is 14.1. The molecule has 1 unspecified atom stereocenters. The van der Waals surface area contributed by atoms with Crippen LogP contribution in [-0.4, -0.2) is 18.0 Å². The number of halogens is 1. The van der Waals surface area contributed by atoms with Crippen LogP contribution >= 0.6 is 15.9 Å². The van der Waals surface area contributed by atoms with Crippen LogP contribution < -0.4 is 5.32 Å². The monoisotopic (exact) mass is 300 g/mol. The van der Waals surface area contributed by atoms with Gasteiger partial charge in [0.15, 0.2) is 0 Å². The minimum Gasteiger partial charge on any atom is -0.316 e. The molecular weight excluding hydrogens is 284 g/mol. The lowest BCUT2D eigenvalue weighted by Crippen LogP contribution is -2.32. The number of hydrogen-bond acceptors (Lipinski definition) is 3. The van der Waals surface area contributed by atoms with Crippen LogP contribution in [0.25, 0.3) is 0 Å². The van der Waals surface area contributed by atoms with E-state index in [-0.39, 0.29) is 16.7 Å². The summed E-state index contributed by atoms with van der Waals surface area (Å²) in [6.07, 6.45) is 0.664. The molecule has 0 saturated carbocycles. The Morgan fingerprint density at radius 1 is 1.47 bits per heavy atom. The zero-order valence-corrected chi connectivity index (χ0v) is 11.8. The summed E-state index contributed by atoms with van der Waals surface area (Å²) in [6.45, 7) is 4.21. The van der Waals surface area contributed by atoms with Gasteiger partial charge < -0.3 is 5.32 Å². The molecule has 0 saturated heterocycles. The third-order valence-corrected chi connectivity index (χ3v) is 3.35. The summed E-state index contributed by atoms with van der Waals surface area (Å²) >= 11 is 3.26. The molecule has 1 rings (SSSR count). The summed E-state index contributed by atoms with van der Waals surface area (Å²) in [5.74, 6) is 0.434. The Bertz CT molecular complexity index is 407. The van der Waals surface area contributed by atoms with Gasteiger partial charge in [-0.2, -0.15) is 0 Å². The van der Waals surface area contributed by atoms with Crippen molar-refractivity contribution in [3.05, 3.63) is 38.3 Å². The number of hydrogen-bond donors (Lipinski definition) is 1. The highest BCUT2D eigenvalue weighted by atomic mass is 79.9. The smallest absolute Gasteiger partial charge is 0.273 e. The molecule has 1 atom stereocenters. The molecule has 0 bridgehead atoms. The number of benzene rings is 1. The Labute approximate surface area is 110 Å². The molecule has 0 fully saturated rings. The molecule has 0 aliphatic heterocycles. The lowest BCUT2D eigenvalue weighted by molar-refractivity contribution is -0.385. The van der Waals surface area contributed by atoms with Crippen LogP contribution in [0.15, 0.2) is 22.7 Å². The zero-order chi connectivity index (χ0) is 13.0. The Morgan fingerprint density at radius 2 is 2.12 bits per heavy atom. The molecule has 0 aromatic heterocycles. The summed E-state index contributed by atoms with van der Waals surface area (Å²) in [4.78, 5) is 10.7. The first-order chi connectivity index (χ1) is 7.95. The predicted molar refractivity (Wildman–Crippen MR) is 72.2 cm³/mol. The third-order valence-electron chi connectivity index (χ3n) is 2.86. The second-order valence-corrected chi connectivity index (χ2v) is 5.29. The maximum atomic E-state index is 11.0. The van der Waals surface area contributed by atoms with Gasteiger partial charge in [-0.3, -0.25) is 10.1 Å². The zero-order valence-electron chi connectivity index (χ0n) is 10.2. The highest BCUT2D eigenvalue weighted by Crippen LogP contribution is 2.25. The topological polar surface area (TPSA) is 55.2 Å². The Hall–Kier alpha value is -0.940. The first-order valence-corrected chi connectivity index (χ1v) is 6.35. The van der Waals surface area contributed by atoms with Gasteiger partial charge in [-0.1, -0.05) is 35.8 Å². The number of nitro groups is 1. The van der Waals surface area contributed by atoms with E-state index in [1.807, 2.05) is 19.2 Å². The van der Waals surface area contributed by atoms with E-state index >= 15 is 0 Å². The van der Waals surface area contributed by atoms with Gasteiger partial charge in [-0.25, -0.2) is 0 Å². The van der Waals surface area contributed by atoms with Crippen molar-refractivity contribution in [3.8, 4) is 0 Å². The van der Waals surface area contributed by atoms with Crippen LogP contribution in [-0.2, 0) is 6.42 Å². The van der Waals surface area contributed by atoms with E-state index in [1.165, 1.54) is 0 Å². The molecule has 4 nitrogen and oxygen atoms in total. The molecule has 0 amide bonds. The summed E-state index contributed by atoms with van der Waals surface area (Å²) in [5.41, 5.74) is 0.950. The molecule has 0 heterocycles. The van der Waals surface area contributed by atoms with E-state index in [1.54, 1.807) is 6.07 Å². The second-order valence-electron chi connectivity index (χ2n) is 4.37. The molecule has 0 radical (unpaired) electrons. The van der Waals surface area contributed by atoms with Crippen molar-refractivity contribution in [3.63, 3.8) is 0 Å². The van der Waals surface area contributed by atoms with Crippen LogP contribution in [0.3, 0.4) is 0 Å². The van der Waals surface area contributed by atoms with E-state index in [0.29, 0.717) is 12.3 Å². The highest BCUT2D eigenvalue weighted by molar-refractivity contribution is 9.10. The molecule has 0 spiro atoms. The van der Waals surface area contributed by atoms with Crippen LogP contribution in [0.4, 0.5) is 5.69 Å². The van der Waals surface area contributed by atoms with Gasteiger partial charge in [0, 0.05) is 22.1 Å².